The molecule has 2 heteroatoms. The lowest BCUT2D eigenvalue weighted by Crippen LogP contribution is -2.05. The SMILES string of the molecule is CC(C)C(C)c1cccc2c3ccccc3n(-c3ccc(-c4ccc(-n5c6ccccc6c6ccccc65)cc4)cc3)c12. The highest BCUT2D eigenvalue weighted by molar-refractivity contribution is 6.11. The van der Waals surface area contributed by atoms with E-state index >= 15 is 0 Å². The molecule has 1 atom stereocenters. The van der Waals surface area contributed by atoms with Crippen molar-refractivity contribution in [2.24, 2.45) is 5.92 Å². The van der Waals surface area contributed by atoms with E-state index in [2.05, 4.69) is 169 Å². The van der Waals surface area contributed by atoms with Crippen molar-refractivity contribution in [3.8, 4) is 22.5 Å². The van der Waals surface area contributed by atoms with E-state index in [0.29, 0.717) is 11.8 Å². The topological polar surface area (TPSA) is 9.86 Å². The molecule has 208 valence electrons. The Kier molecular flexibility index (Phi) is 5.97. The van der Waals surface area contributed by atoms with Crippen molar-refractivity contribution in [3.05, 3.63) is 145 Å². The maximum atomic E-state index is 2.47. The molecule has 0 aliphatic heterocycles. The Balaban J connectivity index is 1.21. The van der Waals surface area contributed by atoms with Gasteiger partial charge in [0.25, 0.3) is 0 Å². The van der Waals surface area contributed by atoms with Crippen molar-refractivity contribution in [3.63, 3.8) is 0 Å². The van der Waals surface area contributed by atoms with Gasteiger partial charge in [-0.2, -0.15) is 0 Å². The van der Waals surface area contributed by atoms with Gasteiger partial charge in [0.2, 0.25) is 0 Å². The zero-order chi connectivity index (χ0) is 29.1. The zero-order valence-corrected chi connectivity index (χ0v) is 24.8. The van der Waals surface area contributed by atoms with Crippen LogP contribution in [0.5, 0.6) is 0 Å². The summed E-state index contributed by atoms with van der Waals surface area (Å²) >= 11 is 0. The van der Waals surface area contributed by atoms with Crippen LogP contribution in [0.1, 0.15) is 32.3 Å². The van der Waals surface area contributed by atoms with Crippen molar-refractivity contribution in [1.29, 1.82) is 0 Å². The Hall–Kier alpha value is -5.08. The van der Waals surface area contributed by atoms with Crippen LogP contribution < -0.4 is 0 Å². The van der Waals surface area contributed by atoms with Crippen LogP contribution in [0.15, 0.2) is 140 Å². The van der Waals surface area contributed by atoms with Gasteiger partial charge in [-0.3, -0.25) is 0 Å². The average molecular weight is 555 g/mol. The largest absolute Gasteiger partial charge is 0.309 e. The molecule has 0 saturated heterocycles. The van der Waals surface area contributed by atoms with Gasteiger partial charge in [-0.05, 0) is 71.0 Å². The van der Waals surface area contributed by atoms with Gasteiger partial charge >= 0.3 is 0 Å². The second-order valence-corrected chi connectivity index (χ2v) is 12.1. The van der Waals surface area contributed by atoms with Crippen molar-refractivity contribution in [2.45, 2.75) is 26.7 Å². The van der Waals surface area contributed by atoms with Crippen LogP contribution in [-0.4, -0.2) is 9.13 Å². The van der Waals surface area contributed by atoms with E-state index < -0.39 is 0 Å². The summed E-state index contributed by atoms with van der Waals surface area (Å²) in [6.45, 7) is 6.99. The highest BCUT2D eigenvalue weighted by Gasteiger charge is 2.20. The molecule has 43 heavy (non-hydrogen) atoms. The minimum Gasteiger partial charge on any atom is -0.309 e. The van der Waals surface area contributed by atoms with E-state index in [1.165, 1.54) is 71.7 Å². The van der Waals surface area contributed by atoms with Gasteiger partial charge in [0, 0.05) is 32.9 Å². The Morgan fingerprint density at radius 2 is 0.814 bits per heavy atom. The van der Waals surface area contributed by atoms with E-state index in [0.717, 1.165) is 0 Å². The minimum absolute atomic E-state index is 0.457. The summed E-state index contributed by atoms with van der Waals surface area (Å²) in [6, 6.07) is 51.0. The number of hydrogen-bond acceptors (Lipinski definition) is 0. The van der Waals surface area contributed by atoms with Gasteiger partial charge in [0.15, 0.2) is 0 Å². The number of hydrogen-bond donors (Lipinski definition) is 0. The Bertz CT molecular complexity index is 2210. The predicted molar refractivity (Wildman–Crippen MR) is 184 cm³/mol. The van der Waals surface area contributed by atoms with Crippen LogP contribution in [0.25, 0.3) is 66.1 Å². The molecule has 0 radical (unpaired) electrons. The average Bonchev–Trinajstić information content (AvgIpc) is 3.58. The molecule has 8 aromatic rings. The number of para-hydroxylation sites is 4. The third-order valence-electron chi connectivity index (χ3n) is 9.38. The summed E-state index contributed by atoms with van der Waals surface area (Å²) < 4.78 is 4.84. The quantitative estimate of drug-likeness (QED) is 0.200. The van der Waals surface area contributed by atoms with Gasteiger partial charge in [0.1, 0.15) is 0 Å². The van der Waals surface area contributed by atoms with Gasteiger partial charge < -0.3 is 9.13 Å². The third-order valence-corrected chi connectivity index (χ3v) is 9.38. The van der Waals surface area contributed by atoms with Gasteiger partial charge in [-0.15, -0.1) is 0 Å². The van der Waals surface area contributed by atoms with Crippen molar-refractivity contribution < 1.29 is 0 Å². The fourth-order valence-electron chi connectivity index (χ4n) is 6.85. The van der Waals surface area contributed by atoms with E-state index in [4.69, 9.17) is 0 Å². The first-order valence-electron chi connectivity index (χ1n) is 15.3. The van der Waals surface area contributed by atoms with E-state index in [1.807, 2.05) is 0 Å². The van der Waals surface area contributed by atoms with E-state index in [9.17, 15) is 0 Å². The third kappa shape index (κ3) is 4.01. The predicted octanol–water partition coefficient (Wildman–Crippen LogP) is 11.3. The molecule has 0 bridgehead atoms. The highest BCUT2D eigenvalue weighted by Crippen LogP contribution is 2.39. The second-order valence-electron chi connectivity index (χ2n) is 12.1. The fraction of sp³-hybridized carbons (Fsp3) is 0.122. The molecular formula is C41H34N2. The zero-order valence-electron chi connectivity index (χ0n) is 24.8. The molecule has 2 aromatic heterocycles. The Morgan fingerprint density at radius 3 is 1.33 bits per heavy atom. The highest BCUT2D eigenvalue weighted by atomic mass is 15.0. The van der Waals surface area contributed by atoms with Gasteiger partial charge in [0.05, 0.1) is 22.1 Å². The maximum absolute atomic E-state index is 2.47. The normalized spacial score (nSPS) is 12.7. The molecule has 0 amide bonds. The molecule has 0 saturated carbocycles. The molecule has 1 unspecified atom stereocenters. The number of benzene rings is 6. The number of rotatable bonds is 5. The molecular weight excluding hydrogens is 520 g/mol. The minimum atomic E-state index is 0.457. The summed E-state index contributed by atoms with van der Waals surface area (Å²) in [5, 5.41) is 5.20. The first-order valence-corrected chi connectivity index (χ1v) is 15.3. The van der Waals surface area contributed by atoms with Crippen molar-refractivity contribution >= 4 is 43.6 Å². The van der Waals surface area contributed by atoms with E-state index in [1.54, 1.807) is 0 Å². The summed E-state index contributed by atoms with van der Waals surface area (Å²) in [5.41, 5.74) is 11.3. The van der Waals surface area contributed by atoms with Crippen LogP contribution >= 0.6 is 0 Å². The summed E-state index contributed by atoms with van der Waals surface area (Å²) in [4.78, 5) is 0. The fourth-order valence-corrected chi connectivity index (χ4v) is 6.85. The van der Waals surface area contributed by atoms with Crippen LogP contribution in [0, 0.1) is 5.92 Å². The number of fused-ring (bicyclic) bond motifs is 6. The molecule has 6 aromatic carbocycles. The lowest BCUT2D eigenvalue weighted by atomic mass is 9.89. The Morgan fingerprint density at radius 1 is 0.395 bits per heavy atom. The first-order chi connectivity index (χ1) is 21.1. The summed E-state index contributed by atoms with van der Waals surface area (Å²) in [7, 11) is 0. The maximum Gasteiger partial charge on any atom is 0.0575 e. The van der Waals surface area contributed by atoms with Crippen molar-refractivity contribution in [1.82, 2.24) is 9.13 Å². The number of nitrogens with zero attached hydrogens (tertiary/aromatic N) is 2. The van der Waals surface area contributed by atoms with Crippen LogP contribution in [0.4, 0.5) is 0 Å². The first kappa shape index (κ1) is 25.6. The molecule has 0 fully saturated rings. The second kappa shape index (κ2) is 10.0. The number of aromatic nitrogens is 2. The summed E-state index contributed by atoms with van der Waals surface area (Å²) in [5.74, 6) is 1.02. The monoisotopic (exact) mass is 554 g/mol. The molecule has 0 spiro atoms. The van der Waals surface area contributed by atoms with Crippen LogP contribution in [0.2, 0.25) is 0 Å². The molecule has 2 heterocycles. The summed E-state index contributed by atoms with van der Waals surface area (Å²) in [6.07, 6.45) is 0. The van der Waals surface area contributed by atoms with E-state index in [-0.39, 0.29) is 0 Å². The van der Waals surface area contributed by atoms with Crippen LogP contribution in [0.3, 0.4) is 0 Å². The molecule has 8 rings (SSSR count). The Labute approximate surface area is 252 Å². The van der Waals surface area contributed by atoms with Gasteiger partial charge in [-0.1, -0.05) is 118 Å². The molecule has 0 N–H and O–H groups in total. The molecule has 0 aliphatic rings. The van der Waals surface area contributed by atoms with Crippen LogP contribution in [-0.2, 0) is 0 Å². The lowest BCUT2D eigenvalue weighted by Gasteiger charge is -2.19. The smallest absolute Gasteiger partial charge is 0.0575 e. The van der Waals surface area contributed by atoms with Crippen molar-refractivity contribution in [2.75, 3.05) is 0 Å². The standard InChI is InChI=1S/C41H34N2/c1-27(2)28(3)33-14-10-15-37-36-13-6-9-18-40(36)43(41(33)37)32-25-21-30(22-26-32)29-19-23-31(24-20-29)42-38-16-7-4-11-34(38)35-12-5-8-17-39(35)42/h4-28H,1-3H3. The molecule has 2 nitrogen and oxygen atoms in total. The van der Waals surface area contributed by atoms with Gasteiger partial charge in [-0.25, -0.2) is 0 Å². The lowest BCUT2D eigenvalue weighted by molar-refractivity contribution is 0.537. The molecule has 0 aliphatic carbocycles.